The van der Waals surface area contributed by atoms with Crippen molar-refractivity contribution in [3.63, 3.8) is 0 Å². The molecule has 2 N–H and O–H groups in total. The van der Waals surface area contributed by atoms with Gasteiger partial charge in [-0.25, -0.2) is 13.8 Å². The molecule has 0 aromatic heterocycles. The van der Waals surface area contributed by atoms with Crippen LogP contribution in [0.2, 0.25) is 0 Å². The third-order valence-corrected chi connectivity index (χ3v) is 5.22. The maximum Gasteiger partial charge on any atom is 0.260 e. The minimum Gasteiger partial charge on any atom is -0.492 e. The van der Waals surface area contributed by atoms with Crippen molar-refractivity contribution < 1.29 is 22.7 Å². The second-order valence-corrected chi connectivity index (χ2v) is 8.57. The Morgan fingerprint density at radius 2 is 1.71 bits per heavy atom. The Morgan fingerprint density at radius 3 is 2.29 bits per heavy atom. The molecule has 10 heteroatoms. The number of hydrogen-bond acceptors (Lipinski definition) is 6. The number of nitrogens with zero attached hydrogens (tertiary/aromatic N) is 2. The Bertz CT molecular complexity index is 1070. The molecule has 0 atom stereocenters. The van der Waals surface area contributed by atoms with E-state index in [0.717, 1.165) is 16.1 Å². The summed E-state index contributed by atoms with van der Waals surface area (Å²) in [5.74, 6) is -0.417. The maximum absolute atomic E-state index is 12.4. The van der Waals surface area contributed by atoms with Gasteiger partial charge in [0, 0.05) is 12.6 Å². The average Bonchev–Trinajstić information content (AvgIpc) is 2.70. The van der Waals surface area contributed by atoms with Crippen molar-refractivity contribution in [2.45, 2.75) is 20.8 Å². The molecule has 31 heavy (non-hydrogen) atoms. The molecule has 0 aliphatic heterocycles. The summed E-state index contributed by atoms with van der Waals surface area (Å²) in [6.07, 6.45) is 1.02. The fourth-order valence-electron chi connectivity index (χ4n) is 2.70. The number of carbonyl (C=O) groups excluding carboxylic acids is 2. The highest BCUT2D eigenvalue weighted by Gasteiger charge is 2.23. The van der Waals surface area contributed by atoms with Crippen LogP contribution in [-0.2, 0) is 19.6 Å². The van der Waals surface area contributed by atoms with E-state index >= 15 is 0 Å². The van der Waals surface area contributed by atoms with E-state index in [1.54, 1.807) is 62.4 Å². The van der Waals surface area contributed by atoms with Gasteiger partial charge in [0.15, 0.2) is 0 Å². The highest BCUT2D eigenvalue weighted by molar-refractivity contribution is 7.92. The van der Waals surface area contributed by atoms with Crippen molar-refractivity contribution in [3.8, 4) is 5.75 Å². The summed E-state index contributed by atoms with van der Waals surface area (Å²) in [5.41, 5.74) is 4.55. The molecule has 0 radical (unpaired) electrons. The lowest BCUT2D eigenvalue weighted by Gasteiger charge is -2.23. The number of para-hydroxylation sites is 2. The second kappa shape index (κ2) is 10.6. The number of hydrazone groups is 1. The summed E-state index contributed by atoms with van der Waals surface area (Å²) in [5, 5.41) is 6.71. The van der Waals surface area contributed by atoms with E-state index in [0.29, 0.717) is 23.8 Å². The molecular weight excluding hydrogens is 420 g/mol. The van der Waals surface area contributed by atoms with Crippen molar-refractivity contribution in [3.05, 3.63) is 54.1 Å². The van der Waals surface area contributed by atoms with Gasteiger partial charge >= 0.3 is 0 Å². The normalized spacial score (nSPS) is 11.5. The molecular formula is C21H26N4O5S. The summed E-state index contributed by atoms with van der Waals surface area (Å²) >= 11 is 0. The monoisotopic (exact) mass is 446 g/mol. The lowest BCUT2D eigenvalue weighted by atomic mass is 10.1. The van der Waals surface area contributed by atoms with Gasteiger partial charge in [-0.15, -0.1) is 0 Å². The highest BCUT2D eigenvalue weighted by atomic mass is 32.2. The van der Waals surface area contributed by atoms with E-state index in [2.05, 4.69) is 15.8 Å². The first kappa shape index (κ1) is 23.9. The van der Waals surface area contributed by atoms with Crippen LogP contribution in [0, 0.1) is 0 Å². The smallest absolute Gasteiger partial charge is 0.260 e. The summed E-state index contributed by atoms with van der Waals surface area (Å²) in [4.78, 5) is 23.5. The van der Waals surface area contributed by atoms with Gasteiger partial charge in [0.2, 0.25) is 15.9 Å². The third-order valence-electron chi connectivity index (χ3n) is 4.09. The number of ether oxygens (including phenoxy) is 1. The molecule has 0 aliphatic rings. The van der Waals surface area contributed by atoms with E-state index < -0.39 is 22.5 Å². The fraction of sp³-hybridized carbons (Fsp3) is 0.286. The molecule has 9 nitrogen and oxygen atoms in total. The number of carbonyl (C=O) groups is 2. The van der Waals surface area contributed by atoms with Crippen LogP contribution in [0.4, 0.5) is 11.4 Å². The van der Waals surface area contributed by atoms with Crippen LogP contribution in [0.3, 0.4) is 0 Å². The zero-order chi connectivity index (χ0) is 23.0. The Balaban J connectivity index is 2.14. The van der Waals surface area contributed by atoms with Gasteiger partial charge in [-0.2, -0.15) is 5.10 Å². The molecule has 0 bridgehead atoms. The molecule has 0 unspecified atom stereocenters. The van der Waals surface area contributed by atoms with Crippen LogP contribution in [0.15, 0.2) is 53.6 Å². The van der Waals surface area contributed by atoms with E-state index in [-0.39, 0.29) is 11.6 Å². The van der Waals surface area contributed by atoms with Crippen molar-refractivity contribution in [1.29, 1.82) is 0 Å². The molecule has 2 rings (SSSR count). The fourth-order valence-corrected chi connectivity index (χ4v) is 3.56. The lowest BCUT2D eigenvalue weighted by molar-refractivity contribution is -0.119. The van der Waals surface area contributed by atoms with Crippen LogP contribution in [0.1, 0.15) is 26.3 Å². The molecule has 0 heterocycles. The Labute approximate surface area is 182 Å². The molecule has 2 aromatic rings. The number of hydrogen-bond donors (Lipinski definition) is 2. The lowest BCUT2D eigenvalue weighted by Crippen LogP contribution is -2.39. The van der Waals surface area contributed by atoms with Crippen LogP contribution >= 0.6 is 0 Å². The van der Waals surface area contributed by atoms with Crippen molar-refractivity contribution in [2.24, 2.45) is 5.10 Å². The SMILES string of the molecule is CCOc1ccccc1N(CC(=O)N/N=C(/C)c1ccc(NC(C)=O)cc1)S(C)(=O)=O. The molecule has 0 saturated heterocycles. The maximum atomic E-state index is 12.4. The molecule has 0 fully saturated rings. The van der Waals surface area contributed by atoms with Gasteiger partial charge in [-0.1, -0.05) is 24.3 Å². The van der Waals surface area contributed by atoms with E-state index in [1.807, 2.05) is 0 Å². The highest BCUT2D eigenvalue weighted by Crippen LogP contribution is 2.29. The number of rotatable bonds is 9. The topological polar surface area (TPSA) is 117 Å². The van der Waals surface area contributed by atoms with Gasteiger partial charge in [0.25, 0.3) is 5.91 Å². The van der Waals surface area contributed by atoms with Crippen LogP contribution in [0.25, 0.3) is 0 Å². The van der Waals surface area contributed by atoms with Gasteiger partial charge < -0.3 is 10.1 Å². The standard InChI is InChI=1S/C21H26N4O5S/c1-5-30-20-9-7-6-8-19(20)25(31(4,28)29)14-21(27)24-23-15(2)17-10-12-18(13-11-17)22-16(3)26/h6-13H,5,14H2,1-4H3,(H,22,26)(H,24,27)/b23-15-. The molecule has 0 aliphatic carbocycles. The molecule has 166 valence electrons. The number of amides is 2. The number of nitrogens with one attached hydrogen (secondary N) is 2. The van der Waals surface area contributed by atoms with Gasteiger partial charge in [-0.05, 0) is 43.7 Å². The van der Waals surface area contributed by atoms with Crippen molar-refractivity contribution in [1.82, 2.24) is 5.43 Å². The zero-order valence-electron chi connectivity index (χ0n) is 17.9. The number of anilines is 2. The van der Waals surface area contributed by atoms with Gasteiger partial charge in [0.1, 0.15) is 12.3 Å². The first-order valence-electron chi connectivity index (χ1n) is 9.52. The summed E-state index contributed by atoms with van der Waals surface area (Å²) in [7, 11) is -3.75. The van der Waals surface area contributed by atoms with E-state index in [1.165, 1.54) is 6.92 Å². The van der Waals surface area contributed by atoms with Crippen LogP contribution in [0.5, 0.6) is 5.75 Å². The molecule has 0 saturated carbocycles. The predicted octanol–water partition coefficient (Wildman–Crippen LogP) is 2.35. The largest absolute Gasteiger partial charge is 0.492 e. The molecule has 0 spiro atoms. The first-order valence-corrected chi connectivity index (χ1v) is 11.4. The third kappa shape index (κ3) is 7.10. The Kier molecular flexibility index (Phi) is 8.14. The number of sulfonamides is 1. The summed E-state index contributed by atoms with van der Waals surface area (Å²) in [6.45, 7) is 4.80. The predicted molar refractivity (Wildman–Crippen MR) is 121 cm³/mol. The molecule has 2 amide bonds. The first-order chi connectivity index (χ1) is 14.6. The van der Waals surface area contributed by atoms with E-state index in [9.17, 15) is 18.0 Å². The second-order valence-electron chi connectivity index (χ2n) is 6.66. The average molecular weight is 447 g/mol. The minimum absolute atomic E-state index is 0.174. The number of benzene rings is 2. The van der Waals surface area contributed by atoms with Gasteiger partial charge in [-0.3, -0.25) is 13.9 Å². The van der Waals surface area contributed by atoms with Gasteiger partial charge in [0.05, 0.1) is 24.3 Å². The van der Waals surface area contributed by atoms with Crippen LogP contribution in [-0.4, -0.2) is 45.4 Å². The minimum atomic E-state index is -3.75. The summed E-state index contributed by atoms with van der Waals surface area (Å²) < 4.78 is 31.1. The summed E-state index contributed by atoms with van der Waals surface area (Å²) in [6, 6.07) is 13.5. The Hall–Kier alpha value is -3.40. The zero-order valence-corrected chi connectivity index (χ0v) is 18.7. The van der Waals surface area contributed by atoms with E-state index in [4.69, 9.17) is 4.74 Å². The Morgan fingerprint density at radius 1 is 1.06 bits per heavy atom. The quantitative estimate of drug-likeness (QED) is 0.453. The van der Waals surface area contributed by atoms with Crippen LogP contribution < -0.4 is 19.8 Å². The van der Waals surface area contributed by atoms with Crippen molar-refractivity contribution >= 4 is 38.9 Å². The molecule has 2 aromatic carbocycles. The van der Waals surface area contributed by atoms with Crippen molar-refractivity contribution in [2.75, 3.05) is 29.0 Å².